The Morgan fingerprint density at radius 3 is 2.48 bits per heavy atom. The number of aryl methyl sites for hydroxylation is 1. The molecule has 42 heavy (non-hydrogen) atoms. The van der Waals surface area contributed by atoms with Crippen molar-refractivity contribution in [1.29, 1.82) is 0 Å². The molecule has 0 aromatic heterocycles. The summed E-state index contributed by atoms with van der Waals surface area (Å²) in [5.74, 6) is 1.46. The molecule has 2 amide bonds. The predicted octanol–water partition coefficient (Wildman–Crippen LogP) is 4.33. The molecular weight excluding hydrogens is 667 g/mol. The fourth-order valence-electron chi connectivity index (χ4n) is 6.04. The van der Waals surface area contributed by atoms with Gasteiger partial charge < -0.3 is 19.3 Å². The van der Waals surface area contributed by atoms with Crippen molar-refractivity contribution < 1.29 is 27.5 Å². The Morgan fingerprint density at radius 2 is 1.76 bits per heavy atom. The fourth-order valence-corrected chi connectivity index (χ4v) is 7.12. The minimum Gasteiger partial charge on any atom is -0.490 e. The quantitative estimate of drug-likeness (QED) is 0.361. The summed E-state index contributed by atoms with van der Waals surface area (Å²) in [6.07, 6.45) is 7.31. The number of carbonyl (C=O) groups excluding carboxylic acids is 2. The molecule has 2 aromatic carbocycles. The lowest BCUT2D eigenvalue weighted by atomic mass is 9.95. The number of hydrogen-bond acceptors (Lipinski definition) is 6. The van der Waals surface area contributed by atoms with Crippen LogP contribution in [0.1, 0.15) is 43.2 Å². The summed E-state index contributed by atoms with van der Waals surface area (Å²) in [6.45, 7) is 2.47. The zero-order chi connectivity index (χ0) is 29.7. The molecule has 0 radical (unpaired) electrons. The molecule has 2 fully saturated rings. The van der Waals surface area contributed by atoms with Gasteiger partial charge in [-0.3, -0.25) is 9.59 Å². The lowest BCUT2D eigenvalue weighted by molar-refractivity contribution is -0.131. The van der Waals surface area contributed by atoms with Gasteiger partial charge in [-0.05, 0) is 60.0 Å². The Bertz CT molecular complexity index is 1420. The van der Waals surface area contributed by atoms with E-state index in [1.54, 1.807) is 0 Å². The highest BCUT2D eigenvalue weighted by atomic mass is 125. The van der Waals surface area contributed by atoms with Gasteiger partial charge in [-0.1, -0.05) is 46.9 Å². The highest BCUT2D eigenvalue weighted by Crippen LogP contribution is 2.33. The van der Waals surface area contributed by atoms with Crippen molar-refractivity contribution in [2.24, 2.45) is 0 Å². The van der Waals surface area contributed by atoms with Gasteiger partial charge in [0.05, 0.1) is 12.7 Å². The standard InChI is InChI=1S/C31H38IN3O6S/c1-42(38,39)34-18-13-26(14-19-34)41-27-9-7-24(29(22-27)40-20-4-15-32)21-31(37)33-16-11-25(12-17-33)35-28-6-3-2-5-23(28)8-10-30(35)36/h2-7,9,15,22,25-26H,8,10-14,16-21H2,1H3/b15-4-/i32-2. The Hall–Kier alpha value is -2.64. The summed E-state index contributed by atoms with van der Waals surface area (Å²) in [6, 6.07) is 13.8. The van der Waals surface area contributed by atoms with Gasteiger partial charge >= 0.3 is 0 Å². The molecule has 2 aromatic rings. The first-order chi connectivity index (χ1) is 20.2. The summed E-state index contributed by atoms with van der Waals surface area (Å²) in [7, 11) is -3.19. The number of amides is 2. The molecule has 9 nitrogen and oxygen atoms in total. The Labute approximate surface area is 262 Å². The first kappa shape index (κ1) is 30.8. The highest BCUT2D eigenvalue weighted by molar-refractivity contribution is 14.1. The van der Waals surface area contributed by atoms with Gasteiger partial charge in [-0.15, -0.1) is 0 Å². The molecule has 0 N–H and O–H groups in total. The molecule has 2 saturated heterocycles. The minimum absolute atomic E-state index is 0.0370. The maximum absolute atomic E-state index is 13.4. The van der Waals surface area contributed by atoms with Crippen LogP contribution in [0.25, 0.3) is 0 Å². The van der Waals surface area contributed by atoms with Crippen LogP contribution in [0.4, 0.5) is 5.69 Å². The van der Waals surface area contributed by atoms with Gasteiger partial charge in [0.25, 0.3) is 0 Å². The average Bonchev–Trinajstić information content (AvgIpc) is 2.98. The van der Waals surface area contributed by atoms with E-state index in [4.69, 9.17) is 9.47 Å². The van der Waals surface area contributed by atoms with E-state index in [9.17, 15) is 18.0 Å². The molecule has 226 valence electrons. The third-order valence-electron chi connectivity index (χ3n) is 8.29. The van der Waals surface area contributed by atoms with Crippen molar-refractivity contribution >= 4 is 50.1 Å². The van der Waals surface area contributed by atoms with Gasteiger partial charge in [0.2, 0.25) is 21.8 Å². The Kier molecular flexibility index (Phi) is 10.1. The number of piperidine rings is 2. The molecule has 3 heterocycles. The normalized spacial score (nSPS) is 19.2. The second-order valence-electron chi connectivity index (χ2n) is 11.1. The Morgan fingerprint density at radius 1 is 1.02 bits per heavy atom. The topological polar surface area (TPSA) is 96.5 Å². The second kappa shape index (κ2) is 13.8. The summed E-state index contributed by atoms with van der Waals surface area (Å²) in [5, 5.41) is 0. The van der Waals surface area contributed by atoms with Crippen molar-refractivity contribution in [3.8, 4) is 11.5 Å². The number of carbonyl (C=O) groups is 2. The number of fused-ring (bicyclic) bond motifs is 1. The number of ether oxygens (including phenoxy) is 2. The van der Waals surface area contributed by atoms with Crippen molar-refractivity contribution in [1.82, 2.24) is 9.21 Å². The molecule has 0 unspecified atom stereocenters. The number of para-hydroxylation sites is 1. The molecule has 5 rings (SSSR count). The smallest absolute Gasteiger partial charge is 0.227 e. The van der Waals surface area contributed by atoms with Crippen molar-refractivity contribution in [3.05, 3.63) is 63.8 Å². The molecule has 3 aliphatic rings. The highest BCUT2D eigenvalue weighted by Gasteiger charge is 2.34. The van der Waals surface area contributed by atoms with Crippen LogP contribution in [-0.2, 0) is 32.5 Å². The summed E-state index contributed by atoms with van der Waals surface area (Å²) in [4.78, 5) is 30.1. The summed E-state index contributed by atoms with van der Waals surface area (Å²) < 4.78 is 39.2. The van der Waals surface area contributed by atoms with E-state index in [2.05, 4.69) is 28.7 Å². The van der Waals surface area contributed by atoms with E-state index < -0.39 is 10.0 Å². The van der Waals surface area contributed by atoms with Crippen LogP contribution in [0.2, 0.25) is 0 Å². The van der Waals surface area contributed by atoms with Crippen molar-refractivity contribution in [2.75, 3.05) is 43.9 Å². The lowest BCUT2D eigenvalue weighted by Crippen LogP contribution is -2.50. The number of anilines is 1. The third kappa shape index (κ3) is 7.46. The van der Waals surface area contributed by atoms with E-state index >= 15 is 0 Å². The van der Waals surface area contributed by atoms with E-state index in [0.29, 0.717) is 63.5 Å². The zero-order valence-corrected chi connectivity index (χ0v) is 26.9. The van der Waals surface area contributed by atoms with Crippen LogP contribution in [0.15, 0.2) is 52.6 Å². The van der Waals surface area contributed by atoms with E-state index in [0.717, 1.165) is 30.5 Å². The molecule has 11 heteroatoms. The number of sulfonamides is 1. The monoisotopic (exact) mass is 705 g/mol. The molecule has 0 bridgehead atoms. The first-order valence-electron chi connectivity index (χ1n) is 14.5. The molecule has 0 atom stereocenters. The largest absolute Gasteiger partial charge is 0.490 e. The van der Waals surface area contributed by atoms with Crippen LogP contribution in [0.3, 0.4) is 0 Å². The number of likely N-dealkylation sites (tertiary alicyclic amines) is 1. The maximum Gasteiger partial charge on any atom is 0.227 e. The van der Waals surface area contributed by atoms with Gasteiger partial charge in [-0.25, -0.2) is 12.7 Å². The number of halogens is 1. The zero-order valence-electron chi connectivity index (χ0n) is 23.9. The minimum atomic E-state index is -3.19. The van der Waals surface area contributed by atoms with E-state index in [-0.39, 0.29) is 30.4 Å². The van der Waals surface area contributed by atoms with Gasteiger partial charge in [-0.2, -0.15) is 0 Å². The van der Waals surface area contributed by atoms with Crippen LogP contribution in [0.5, 0.6) is 11.5 Å². The van der Waals surface area contributed by atoms with Crippen LogP contribution in [0, 0.1) is 0 Å². The SMILES string of the molecule is CS(=O)(=O)N1CCC(Oc2ccc(CC(=O)N3CCC(N4C(=O)CCc5ccccc54)CC3)c(OC/C=C\[125I])c2)CC1. The summed E-state index contributed by atoms with van der Waals surface area (Å²) >= 11 is 2.14. The van der Waals surface area contributed by atoms with E-state index in [1.807, 2.05) is 56.4 Å². The molecule has 0 aliphatic carbocycles. The van der Waals surface area contributed by atoms with Crippen molar-refractivity contribution in [3.63, 3.8) is 0 Å². The number of nitrogens with zero attached hydrogens (tertiary/aromatic N) is 3. The van der Waals surface area contributed by atoms with Crippen LogP contribution >= 0.6 is 22.6 Å². The molecule has 0 saturated carbocycles. The van der Waals surface area contributed by atoms with Crippen LogP contribution in [-0.4, -0.2) is 80.6 Å². The average molecular weight is 706 g/mol. The van der Waals surface area contributed by atoms with Crippen LogP contribution < -0.4 is 14.4 Å². The number of rotatable bonds is 9. The number of benzene rings is 2. The molecule has 3 aliphatic heterocycles. The maximum atomic E-state index is 13.4. The van der Waals surface area contributed by atoms with Crippen molar-refractivity contribution in [2.45, 2.75) is 57.1 Å². The molecule has 0 spiro atoms. The third-order valence-corrected chi connectivity index (χ3v) is 10.1. The molecular formula is C31H38IN3O6S. The van der Waals surface area contributed by atoms with Gasteiger partial charge in [0.1, 0.15) is 24.2 Å². The van der Waals surface area contributed by atoms with Gasteiger partial charge in [0, 0.05) is 56.0 Å². The summed E-state index contributed by atoms with van der Waals surface area (Å²) in [5.41, 5.74) is 3.03. The first-order valence-corrected chi connectivity index (χ1v) is 17.6. The second-order valence-corrected chi connectivity index (χ2v) is 13.8. The lowest BCUT2D eigenvalue weighted by Gasteiger charge is -2.41. The predicted molar refractivity (Wildman–Crippen MR) is 171 cm³/mol. The Balaban J connectivity index is 1.20. The van der Waals surface area contributed by atoms with E-state index in [1.165, 1.54) is 16.1 Å². The number of hydrogen-bond donors (Lipinski definition) is 0. The fraction of sp³-hybridized carbons (Fsp3) is 0.484. The van der Waals surface area contributed by atoms with Gasteiger partial charge in [0.15, 0.2) is 0 Å².